The van der Waals surface area contributed by atoms with Crippen molar-refractivity contribution >= 4 is 22.7 Å². The normalized spacial score (nSPS) is 15.0. The number of aliphatic imine (C=N–C) groups is 1. The van der Waals surface area contributed by atoms with Crippen molar-refractivity contribution < 1.29 is 19.7 Å². The Morgan fingerprint density at radius 1 is 1.27 bits per heavy atom. The molecule has 1 saturated heterocycles. The molecule has 1 aliphatic rings. The SMILES string of the molecule is CCc1cc(O)ccc1/N=C(\N)c1cnn2cc(-c3cnc(OC)cc3C)cc2c1NCC1(O)COC1. The van der Waals surface area contributed by atoms with Crippen LogP contribution in [0.15, 0.2) is 53.9 Å². The van der Waals surface area contributed by atoms with Crippen molar-refractivity contribution in [3.63, 3.8) is 0 Å². The Hall–Kier alpha value is -4.15. The molecule has 37 heavy (non-hydrogen) atoms. The maximum absolute atomic E-state index is 10.7. The van der Waals surface area contributed by atoms with Gasteiger partial charge in [-0.1, -0.05) is 6.92 Å². The molecule has 0 unspecified atom stereocenters. The number of methoxy groups -OCH3 is 1. The van der Waals surface area contributed by atoms with E-state index in [2.05, 4.69) is 20.4 Å². The molecule has 5 rings (SSSR count). The molecule has 1 aliphatic heterocycles. The Labute approximate surface area is 214 Å². The van der Waals surface area contributed by atoms with Crippen molar-refractivity contribution in [2.75, 3.05) is 32.2 Å². The van der Waals surface area contributed by atoms with E-state index in [-0.39, 0.29) is 31.3 Å². The van der Waals surface area contributed by atoms with Crippen molar-refractivity contribution in [2.24, 2.45) is 10.7 Å². The first-order valence-electron chi connectivity index (χ1n) is 12.0. The minimum atomic E-state index is -0.957. The van der Waals surface area contributed by atoms with E-state index in [9.17, 15) is 10.2 Å². The van der Waals surface area contributed by atoms with Gasteiger partial charge in [0.25, 0.3) is 0 Å². The second-order valence-corrected chi connectivity index (χ2v) is 9.27. The number of benzene rings is 1. The van der Waals surface area contributed by atoms with Crippen molar-refractivity contribution in [2.45, 2.75) is 25.9 Å². The maximum Gasteiger partial charge on any atom is 0.213 e. The van der Waals surface area contributed by atoms with E-state index in [0.717, 1.165) is 27.8 Å². The van der Waals surface area contributed by atoms with E-state index in [1.54, 1.807) is 42.2 Å². The molecule has 0 bridgehead atoms. The number of phenols is 1. The molecule has 0 aliphatic carbocycles. The molecule has 1 aromatic carbocycles. The van der Waals surface area contributed by atoms with Gasteiger partial charge in [0.2, 0.25) is 5.88 Å². The van der Waals surface area contributed by atoms with Crippen LogP contribution < -0.4 is 15.8 Å². The Balaban J connectivity index is 1.61. The van der Waals surface area contributed by atoms with E-state index < -0.39 is 5.60 Å². The van der Waals surface area contributed by atoms with Gasteiger partial charge in [0.05, 0.1) is 49.0 Å². The first kappa shape index (κ1) is 24.5. The average molecular weight is 503 g/mol. The van der Waals surface area contributed by atoms with E-state index in [4.69, 9.17) is 15.2 Å². The monoisotopic (exact) mass is 502 g/mol. The molecule has 3 aromatic heterocycles. The third-order valence-electron chi connectivity index (χ3n) is 6.54. The van der Waals surface area contributed by atoms with Crippen molar-refractivity contribution in [1.82, 2.24) is 14.6 Å². The molecule has 0 spiro atoms. The van der Waals surface area contributed by atoms with Crippen LogP contribution in [-0.2, 0) is 11.2 Å². The topological polar surface area (TPSA) is 140 Å². The largest absolute Gasteiger partial charge is 0.508 e. The van der Waals surface area contributed by atoms with Crippen molar-refractivity contribution in [3.05, 3.63) is 65.6 Å². The number of aromatic hydroxyl groups is 1. The van der Waals surface area contributed by atoms with Crippen LogP contribution in [0.5, 0.6) is 11.6 Å². The van der Waals surface area contributed by atoms with E-state index >= 15 is 0 Å². The lowest BCUT2D eigenvalue weighted by atomic mass is 10.0. The highest BCUT2D eigenvalue weighted by Gasteiger charge is 2.36. The zero-order valence-corrected chi connectivity index (χ0v) is 21.0. The highest BCUT2D eigenvalue weighted by atomic mass is 16.5. The minimum absolute atomic E-state index is 0.180. The van der Waals surface area contributed by atoms with Gasteiger partial charge in [0.15, 0.2) is 0 Å². The molecule has 0 amide bonds. The number of nitrogens with two attached hydrogens (primary N) is 1. The van der Waals surface area contributed by atoms with Crippen LogP contribution in [0.1, 0.15) is 23.6 Å². The van der Waals surface area contributed by atoms with E-state index in [1.807, 2.05) is 32.2 Å². The molecule has 0 atom stereocenters. The van der Waals surface area contributed by atoms with Gasteiger partial charge in [-0.3, -0.25) is 0 Å². The number of ether oxygens (including phenoxy) is 2. The predicted octanol–water partition coefficient (Wildman–Crippen LogP) is 3.19. The molecular formula is C27H30N6O4. The summed E-state index contributed by atoms with van der Waals surface area (Å²) in [7, 11) is 1.59. The van der Waals surface area contributed by atoms with Gasteiger partial charge in [0, 0.05) is 36.1 Å². The number of aromatic nitrogens is 3. The molecule has 0 saturated carbocycles. The zero-order valence-electron chi connectivity index (χ0n) is 21.0. The number of nitrogens with zero attached hydrogens (tertiary/aromatic N) is 4. The summed E-state index contributed by atoms with van der Waals surface area (Å²) in [6.45, 7) is 4.78. The number of fused-ring (bicyclic) bond motifs is 1. The average Bonchev–Trinajstić information content (AvgIpc) is 3.31. The van der Waals surface area contributed by atoms with E-state index in [1.165, 1.54) is 0 Å². The van der Waals surface area contributed by atoms with Crippen molar-refractivity contribution in [3.8, 4) is 22.8 Å². The summed E-state index contributed by atoms with van der Waals surface area (Å²) in [5.41, 5.74) is 12.1. The third kappa shape index (κ3) is 4.81. The zero-order chi connectivity index (χ0) is 26.2. The summed E-state index contributed by atoms with van der Waals surface area (Å²) >= 11 is 0. The summed E-state index contributed by atoms with van der Waals surface area (Å²) in [6, 6.07) is 8.90. The van der Waals surface area contributed by atoms with Crippen LogP contribution in [-0.4, -0.2) is 63.1 Å². The molecular weight excluding hydrogens is 472 g/mol. The second kappa shape index (κ2) is 9.72. The quantitative estimate of drug-likeness (QED) is 0.213. The smallest absolute Gasteiger partial charge is 0.213 e. The minimum Gasteiger partial charge on any atom is -0.508 e. The highest BCUT2D eigenvalue weighted by molar-refractivity contribution is 6.06. The Morgan fingerprint density at radius 3 is 2.76 bits per heavy atom. The number of phenolic OH excluding ortho intramolecular Hbond substituents is 1. The number of aliphatic hydroxyl groups is 1. The summed E-state index contributed by atoms with van der Waals surface area (Å²) in [6.07, 6.45) is 6.04. The van der Waals surface area contributed by atoms with Gasteiger partial charge < -0.3 is 30.7 Å². The first-order chi connectivity index (χ1) is 17.8. The lowest BCUT2D eigenvalue weighted by Crippen LogP contribution is -2.54. The van der Waals surface area contributed by atoms with Gasteiger partial charge in [-0.25, -0.2) is 14.5 Å². The summed E-state index contributed by atoms with van der Waals surface area (Å²) in [5.74, 6) is 0.994. The molecule has 0 radical (unpaired) electrons. The Morgan fingerprint density at radius 2 is 2.08 bits per heavy atom. The van der Waals surface area contributed by atoms with Crippen molar-refractivity contribution in [1.29, 1.82) is 0 Å². The predicted molar refractivity (Wildman–Crippen MR) is 142 cm³/mol. The second-order valence-electron chi connectivity index (χ2n) is 9.27. The molecule has 4 heterocycles. The fourth-order valence-electron chi connectivity index (χ4n) is 4.37. The summed E-state index contributed by atoms with van der Waals surface area (Å²) in [4.78, 5) is 9.03. The molecule has 10 nitrogen and oxygen atoms in total. The Bertz CT molecular complexity index is 1490. The summed E-state index contributed by atoms with van der Waals surface area (Å²) < 4.78 is 12.2. The number of rotatable bonds is 8. The number of nitrogens with one attached hydrogen (secondary N) is 1. The number of aryl methyl sites for hydroxylation is 2. The molecule has 4 aromatic rings. The van der Waals surface area contributed by atoms with Crippen LogP contribution in [0.3, 0.4) is 0 Å². The van der Waals surface area contributed by atoms with Gasteiger partial charge in [-0.15, -0.1) is 0 Å². The van der Waals surface area contributed by atoms with Gasteiger partial charge >= 0.3 is 0 Å². The lowest BCUT2D eigenvalue weighted by Gasteiger charge is -2.36. The standard InChI is InChI=1S/C27H30N6O4/c1-4-17-8-19(34)5-6-22(17)32-26(28)21-11-31-33-12-18(20-10-29-24(36-3)7-16(20)2)9-23(33)25(21)30-13-27(35)14-37-15-27/h5-12,30,34-35H,4,13-15H2,1-3H3,(H2,28,32). The third-order valence-corrected chi connectivity index (χ3v) is 6.54. The van der Waals surface area contributed by atoms with Crippen LogP contribution in [0.25, 0.3) is 16.6 Å². The van der Waals surface area contributed by atoms with Gasteiger partial charge in [-0.2, -0.15) is 5.10 Å². The van der Waals surface area contributed by atoms with Crippen LogP contribution in [0, 0.1) is 6.92 Å². The van der Waals surface area contributed by atoms with Crippen LogP contribution in [0.2, 0.25) is 0 Å². The summed E-state index contributed by atoms with van der Waals surface area (Å²) in [5, 5.41) is 28.5. The fourth-order valence-corrected chi connectivity index (χ4v) is 4.37. The lowest BCUT2D eigenvalue weighted by molar-refractivity contribution is -0.168. The molecule has 1 fully saturated rings. The molecule has 192 valence electrons. The number of amidine groups is 1. The number of pyridine rings is 1. The maximum atomic E-state index is 10.7. The highest BCUT2D eigenvalue weighted by Crippen LogP contribution is 2.32. The number of anilines is 1. The van der Waals surface area contributed by atoms with Crippen LogP contribution in [0.4, 0.5) is 11.4 Å². The number of hydrogen-bond donors (Lipinski definition) is 4. The Kier molecular flexibility index (Phi) is 6.45. The van der Waals surface area contributed by atoms with E-state index in [0.29, 0.717) is 29.2 Å². The fraction of sp³-hybridized carbons (Fsp3) is 0.296. The van der Waals surface area contributed by atoms with Gasteiger partial charge in [0.1, 0.15) is 17.2 Å². The first-order valence-corrected chi connectivity index (χ1v) is 12.0. The van der Waals surface area contributed by atoms with Gasteiger partial charge in [-0.05, 0) is 48.7 Å². The van der Waals surface area contributed by atoms with Crippen LogP contribution >= 0.6 is 0 Å². The molecule has 5 N–H and O–H groups in total. The number of hydrogen-bond acceptors (Lipinski definition) is 8. The molecule has 10 heteroatoms.